The maximum Gasteiger partial charge on any atom is 0.411 e. The van der Waals surface area contributed by atoms with Crippen LogP contribution in [0.5, 0.6) is 0 Å². The number of anilines is 1. The van der Waals surface area contributed by atoms with Crippen molar-refractivity contribution >= 4 is 35.4 Å². The molecule has 2 aromatic carbocycles. The Labute approximate surface area is 283 Å². The minimum atomic E-state index is -0.526. The van der Waals surface area contributed by atoms with Crippen molar-refractivity contribution in [1.82, 2.24) is 40.0 Å². The van der Waals surface area contributed by atoms with Crippen LogP contribution in [-0.4, -0.2) is 90.8 Å². The van der Waals surface area contributed by atoms with Crippen molar-refractivity contribution in [3.05, 3.63) is 77.5 Å². The smallest absolute Gasteiger partial charge is 0.411 e. The van der Waals surface area contributed by atoms with E-state index in [0.29, 0.717) is 28.9 Å². The van der Waals surface area contributed by atoms with E-state index in [-0.39, 0.29) is 30.0 Å². The van der Waals surface area contributed by atoms with Crippen LogP contribution in [0, 0.1) is 11.8 Å². The highest BCUT2D eigenvalue weighted by Gasteiger charge is 2.48. The number of nitrogens with two attached hydrogens (primary N) is 1. The summed E-state index contributed by atoms with van der Waals surface area (Å²) in [5.74, 6) is 1.46. The Hall–Kier alpha value is -4.59. The standard InChI is InChI=1S/C34H39ClN10O3/c1-48-34(47)39-26-8-4-22(5-9-26)29-18-37-33(40-29)32-28(21-2-3-21)17-27(43-14-12-25(36)13-15-43)19-44(32)31(46)11-6-23-16-24(35)7-10-30(23)45-20-38-41-42-45/h4-11,16,18,20-21,25,27-28,32H,2-3,12-15,17,19,36H2,1H3,(H,37,40)(H,39,47)/b11-6+/t27-,28-,32-/m0/s1. The van der Waals surface area contributed by atoms with E-state index in [4.69, 9.17) is 27.1 Å². The lowest BCUT2D eigenvalue weighted by atomic mass is 9.81. The minimum absolute atomic E-state index is 0.0945. The van der Waals surface area contributed by atoms with Gasteiger partial charge in [-0.15, -0.1) is 5.10 Å². The van der Waals surface area contributed by atoms with Crippen molar-refractivity contribution in [3.8, 4) is 16.9 Å². The maximum atomic E-state index is 14.4. The largest absolute Gasteiger partial charge is 0.453 e. The van der Waals surface area contributed by atoms with Gasteiger partial charge in [-0.25, -0.2) is 9.78 Å². The van der Waals surface area contributed by atoms with Crippen LogP contribution in [0.25, 0.3) is 23.0 Å². The monoisotopic (exact) mass is 670 g/mol. The number of ether oxygens (including phenoxy) is 1. The molecule has 2 amide bonds. The van der Waals surface area contributed by atoms with Crippen LogP contribution in [0.3, 0.4) is 0 Å². The van der Waals surface area contributed by atoms with Gasteiger partial charge < -0.3 is 20.4 Å². The molecule has 250 valence electrons. The molecule has 0 bridgehead atoms. The maximum absolute atomic E-state index is 14.4. The number of carbonyl (C=O) groups excluding carboxylic acids is 2. The highest BCUT2D eigenvalue weighted by atomic mass is 35.5. The first-order chi connectivity index (χ1) is 23.4. The Bertz CT molecular complexity index is 1760. The SMILES string of the molecule is COC(=O)Nc1ccc(-c2cnc([C@@H]3[C@H](C4CC4)C[C@H](N4CCC(N)CC4)CN3C(=O)/C=C/c3cc(Cl)ccc3-n3cnnn3)[nH]2)cc1. The van der Waals surface area contributed by atoms with E-state index in [1.54, 1.807) is 29.0 Å². The number of hydrogen-bond donors (Lipinski definition) is 3. The van der Waals surface area contributed by atoms with Gasteiger partial charge in [0.15, 0.2) is 0 Å². The number of likely N-dealkylation sites (tertiary alicyclic amines) is 2. The highest BCUT2D eigenvalue weighted by molar-refractivity contribution is 6.30. The van der Waals surface area contributed by atoms with E-state index in [1.807, 2.05) is 41.4 Å². The number of nitrogens with zero attached hydrogens (tertiary/aromatic N) is 7. The molecular formula is C34H39ClN10O3. The second kappa shape index (κ2) is 13.9. The molecule has 2 aliphatic heterocycles. The molecule has 0 radical (unpaired) electrons. The second-order valence-electron chi connectivity index (χ2n) is 12.9. The molecule has 13 nitrogen and oxygen atoms in total. The fourth-order valence-electron chi connectivity index (χ4n) is 7.12. The Balaban J connectivity index is 1.20. The number of hydrogen-bond acceptors (Lipinski definition) is 9. The molecule has 0 spiro atoms. The average molecular weight is 671 g/mol. The summed E-state index contributed by atoms with van der Waals surface area (Å²) < 4.78 is 6.25. The third-order valence-electron chi connectivity index (χ3n) is 9.79. The quantitative estimate of drug-likeness (QED) is 0.226. The van der Waals surface area contributed by atoms with Gasteiger partial charge in [-0.3, -0.25) is 15.0 Å². The molecule has 7 rings (SSSR count). The van der Waals surface area contributed by atoms with Crippen LogP contribution in [0.2, 0.25) is 5.02 Å². The van der Waals surface area contributed by atoms with E-state index in [1.165, 1.54) is 13.4 Å². The van der Waals surface area contributed by atoms with Gasteiger partial charge in [-0.1, -0.05) is 23.7 Å². The summed E-state index contributed by atoms with van der Waals surface area (Å²) in [4.78, 5) is 39.0. The van der Waals surface area contributed by atoms with Gasteiger partial charge in [0.2, 0.25) is 5.91 Å². The summed E-state index contributed by atoms with van der Waals surface area (Å²) in [7, 11) is 1.33. The third-order valence-corrected chi connectivity index (χ3v) is 10.0. The van der Waals surface area contributed by atoms with Crippen LogP contribution >= 0.6 is 11.6 Å². The minimum Gasteiger partial charge on any atom is -0.453 e. The van der Waals surface area contributed by atoms with E-state index >= 15 is 0 Å². The number of aromatic nitrogens is 6. The number of carbonyl (C=O) groups is 2. The van der Waals surface area contributed by atoms with Crippen LogP contribution in [0.1, 0.15) is 49.5 Å². The molecule has 0 unspecified atom stereocenters. The van der Waals surface area contributed by atoms with Crippen LogP contribution < -0.4 is 11.1 Å². The van der Waals surface area contributed by atoms with Gasteiger partial charge in [0.1, 0.15) is 12.2 Å². The summed E-state index contributed by atoms with van der Waals surface area (Å²) in [5, 5.41) is 14.8. The first kappa shape index (κ1) is 32.0. The lowest BCUT2D eigenvalue weighted by molar-refractivity contribution is -0.134. The number of rotatable bonds is 8. The number of piperidine rings is 2. The summed E-state index contributed by atoms with van der Waals surface area (Å²) in [5.41, 5.74) is 10.1. The number of H-pyrrole nitrogens is 1. The zero-order valence-electron chi connectivity index (χ0n) is 26.7. The molecule has 3 aliphatic rings. The predicted molar refractivity (Wildman–Crippen MR) is 181 cm³/mol. The molecule has 4 aromatic rings. The van der Waals surface area contributed by atoms with Crippen LogP contribution in [-0.2, 0) is 9.53 Å². The zero-order valence-corrected chi connectivity index (χ0v) is 27.5. The molecule has 4 N–H and O–H groups in total. The molecule has 1 saturated carbocycles. The summed E-state index contributed by atoms with van der Waals surface area (Å²) in [6.45, 7) is 2.47. The van der Waals surface area contributed by atoms with Crippen molar-refractivity contribution in [1.29, 1.82) is 0 Å². The molecule has 3 fully saturated rings. The van der Waals surface area contributed by atoms with E-state index in [9.17, 15) is 9.59 Å². The number of methoxy groups -OCH3 is 1. The topological polar surface area (TPSA) is 160 Å². The molecule has 48 heavy (non-hydrogen) atoms. The van der Waals surface area contributed by atoms with Crippen molar-refractivity contribution < 1.29 is 14.3 Å². The number of benzene rings is 2. The van der Waals surface area contributed by atoms with E-state index in [2.05, 4.69) is 30.7 Å². The van der Waals surface area contributed by atoms with E-state index < -0.39 is 6.09 Å². The van der Waals surface area contributed by atoms with Gasteiger partial charge in [0.25, 0.3) is 0 Å². The number of tetrazole rings is 1. The molecule has 4 heterocycles. The number of halogens is 1. The van der Waals surface area contributed by atoms with Gasteiger partial charge in [-0.05, 0) is 109 Å². The van der Waals surface area contributed by atoms with Crippen molar-refractivity contribution in [2.75, 3.05) is 32.1 Å². The third kappa shape index (κ3) is 6.98. The van der Waals surface area contributed by atoms with Crippen molar-refractivity contribution in [3.63, 3.8) is 0 Å². The average Bonchev–Trinajstić information content (AvgIpc) is 3.58. The number of imidazole rings is 1. The molecule has 3 atom stereocenters. The summed E-state index contributed by atoms with van der Waals surface area (Å²) in [6, 6.07) is 13.1. The first-order valence-electron chi connectivity index (χ1n) is 16.4. The van der Waals surface area contributed by atoms with Crippen molar-refractivity contribution in [2.24, 2.45) is 17.6 Å². The normalized spacial score (nSPS) is 22.2. The highest BCUT2D eigenvalue weighted by Crippen LogP contribution is 2.50. The zero-order chi connectivity index (χ0) is 33.2. The van der Waals surface area contributed by atoms with Gasteiger partial charge in [0, 0.05) is 41.0 Å². The number of amides is 2. The first-order valence-corrected chi connectivity index (χ1v) is 16.8. The van der Waals surface area contributed by atoms with Gasteiger partial charge >= 0.3 is 6.09 Å². The Morgan fingerprint density at radius 1 is 1.10 bits per heavy atom. The lowest BCUT2D eigenvalue weighted by Gasteiger charge is -2.48. The fourth-order valence-corrected chi connectivity index (χ4v) is 7.30. The summed E-state index contributed by atoms with van der Waals surface area (Å²) in [6.07, 6.45) is 11.4. The number of nitrogens with one attached hydrogen (secondary N) is 2. The molecule has 14 heteroatoms. The summed E-state index contributed by atoms with van der Waals surface area (Å²) >= 11 is 6.37. The predicted octanol–water partition coefficient (Wildman–Crippen LogP) is 4.69. The van der Waals surface area contributed by atoms with Gasteiger partial charge in [-0.2, -0.15) is 4.68 Å². The number of aromatic amines is 1. The van der Waals surface area contributed by atoms with Crippen molar-refractivity contribution in [2.45, 2.75) is 50.2 Å². The Morgan fingerprint density at radius 2 is 1.90 bits per heavy atom. The fraction of sp³-hybridized carbons (Fsp3) is 0.412. The molecule has 1 aliphatic carbocycles. The van der Waals surface area contributed by atoms with Gasteiger partial charge in [0.05, 0.1) is 30.7 Å². The molecular weight excluding hydrogens is 632 g/mol. The Morgan fingerprint density at radius 3 is 2.60 bits per heavy atom. The second-order valence-corrected chi connectivity index (χ2v) is 13.3. The molecule has 2 saturated heterocycles. The lowest BCUT2D eigenvalue weighted by Crippen LogP contribution is -2.56. The van der Waals surface area contributed by atoms with Crippen LogP contribution in [0.4, 0.5) is 10.5 Å². The Kier molecular flexibility index (Phi) is 9.24. The molecule has 2 aromatic heterocycles. The van der Waals surface area contributed by atoms with Crippen LogP contribution in [0.15, 0.2) is 61.1 Å². The van der Waals surface area contributed by atoms with E-state index in [0.717, 1.165) is 67.8 Å².